The molecule has 5 aliphatic rings. The summed E-state index contributed by atoms with van der Waals surface area (Å²) in [6.07, 6.45) is 10.9. The smallest absolute Gasteiger partial charge is 0.0964 e. The Balaban J connectivity index is 0.925. The first-order valence-electron chi connectivity index (χ1n) is 18.3. The van der Waals surface area contributed by atoms with Crippen LogP contribution in [0.4, 0.5) is 11.4 Å². The molecule has 0 amide bonds. The van der Waals surface area contributed by atoms with Crippen molar-refractivity contribution in [3.05, 3.63) is 23.8 Å². The van der Waals surface area contributed by atoms with Crippen molar-refractivity contribution in [2.45, 2.75) is 140 Å². The van der Waals surface area contributed by atoms with Crippen LogP contribution in [0.15, 0.2) is 18.2 Å². The molecule has 2 saturated heterocycles. The Morgan fingerprint density at radius 3 is 2.53 bits per heavy atom. The minimum Gasteiger partial charge on any atom is -0.390 e. The van der Waals surface area contributed by atoms with Crippen LogP contribution in [0.2, 0.25) is 0 Å². The molecule has 45 heavy (non-hydrogen) atoms. The van der Waals surface area contributed by atoms with Crippen LogP contribution < -0.4 is 21.7 Å². The number of anilines is 2. The van der Waals surface area contributed by atoms with Gasteiger partial charge in [-0.05, 0) is 81.0 Å². The van der Waals surface area contributed by atoms with Crippen LogP contribution in [0.5, 0.6) is 0 Å². The standard InChI is InChI=1S/C36H63N7O2/c1-6-7-8-9-15-42-22-38-35-27(34(42)37)14-16-43(35)30-19-24(32(44)33(30)45)21-41(5)26-17-23(18-26)10-13-31-39-28-12-11-25(36(2,3)4)20-29(28)40-31/h11-12,20,23-24,26-27,30-35,38-40,44-45H,6-10,13-19,21-22,37H2,1-5H3/t23-,24-,26-,27?,30-,31?,32-,33+,34?,35?/m1/s1. The summed E-state index contributed by atoms with van der Waals surface area (Å²) in [4.78, 5) is 7.32. The van der Waals surface area contributed by atoms with Crippen molar-refractivity contribution in [1.82, 2.24) is 20.0 Å². The van der Waals surface area contributed by atoms with Gasteiger partial charge in [0, 0.05) is 43.6 Å². The average molecular weight is 626 g/mol. The molecule has 7 N–H and O–H groups in total. The predicted molar refractivity (Wildman–Crippen MR) is 184 cm³/mol. The van der Waals surface area contributed by atoms with Gasteiger partial charge in [0.15, 0.2) is 0 Å². The third kappa shape index (κ3) is 7.20. The maximum Gasteiger partial charge on any atom is 0.0964 e. The minimum atomic E-state index is -0.698. The normalized spacial score (nSPS) is 36.9. The summed E-state index contributed by atoms with van der Waals surface area (Å²) < 4.78 is 0. The molecule has 8 atom stereocenters. The van der Waals surface area contributed by atoms with E-state index in [-0.39, 0.29) is 29.7 Å². The summed E-state index contributed by atoms with van der Waals surface area (Å²) in [7, 11) is 2.22. The molecule has 254 valence electrons. The predicted octanol–water partition coefficient (Wildman–Crippen LogP) is 4.12. The number of unbranched alkanes of at least 4 members (excludes halogenated alkanes) is 3. The Bertz CT molecular complexity index is 1120. The van der Waals surface area contributed by atoms with E-state index in [1.165, 1.54) is 61.9 Å². The van der Waals surface area contributed by atoms with E-state index in [1.54, 1.807) is 0 Å². The summed E-state index contributed by atoms with van der Waals surface area (Å²) in [6, 6.07) is 7.35. The van der Waals surface area contributed by atoms with E-state index >= 15 is 0 Å². The number of likely N-dealkylation sites (tertiary alicyclic amines) is 1. The molecule has 0 spiro atoms. The van der Waals surface area contributed by atoms with Crippen molar-refractivity contribution >= 4 is 11.4 Å². The molecule has 4 fully saturated rings. The zero-order valence-corrected chi connectivity index (χ0v) is 28.7. The van der Waals surface area contributed by atoms with Gasteiger partial charge in [0.25, 0.3) is 0 Å². The number of hydrogen-bond acceptors (Lipinski definition) is 9. The second-order valence-corrected chi connectivity index (χ2v) is 16.3. The van der Waals surface area contributed by atoms with Gasteiger partial charge in [-0.2, -0.15) is 0 Å². The molecule has 3 aliphatic heterocycles. The van der Waals surface area contributed by atoms with E-state index in [4.69, 9.17) is 5.73 Å². The van der Waals surface area contributed by atoms with Crippen molar-refractivity contribution < 1.29 is 10.2 Å². The van der Waals surface area contributed by atoms with E-state index in [0.717, 1.165) is 51.5 Å². The molecule has 0 bridgehead atoms. The van der Waals surface area contributed by atoms with Gasteiger partial charge in [0.05, 0.1) is 48.7 Å². The lowest BCUT2D eigenvalue weighted by Gasteiger charge is -2.45. The van der Waals surface area contributed by atoms with Crippen LogP contribution in [0.1, 0.15) is 97.5 Å². The summed E-state index contributed by atoms with van der Waals surface area (Å²) in [5.41, 5.74) is 10.8. The Morgan fingerprint density at radius 2 is 1.78 bits per heavy atom. The van der Waals surface area contributed by atoms with Crippen LogP contribution in [0, 0.1) is 17.8 Å². The van der Waals surface area contributed by atoms with E-state index in [2.05, 4.69) is 83.6 Å². The van der Waals surface area contributed by atoms with E-state index in [1.807, 2.05) is 0 Å². The summed E-state index contributed by atoms with van der Waals surface area (Å²) >= 11 is 0. The second kappa shape index (κ2) is 14.0. The number of nitrogens with one attached hydrogen (secondary N) is 3. The monoisotopic (exact) mass is 626 g/mol. The van der Waals surface area contributed by atoms with Crippen molar-refractivity contribution in [2.75, 3.05) is 44.0 Å². The lowest BCUT2D eigenvalue weighted by molar-refractivity contribution is -0.0379. The molecule has 1 aromatic rings. The molecular formula is C36H63N7O2. The van der Waals surface area contributed by atoms with Crippen LogP contribution in [0.25, 0.3) is 0 Å². The van der Waals surface area contributed by atoms with E-state index < -0.39 is 12.2 Å². The van der Waals surface area contributed by atoms with Crippen molar-refractivity contribution in [1.29, 1.82) is 0 Å². The van der Waals surface area contributed by atoms with Gasteiger partial charge in [-0.1, -0.05) is 53.0 Å². The topological polar surface area (TPSA) is 112 Å². The molecule has 4 unspecified atom stereocenters. The van der Waals surface area contributed by atoms with Gasteiger partial charge >= 0.3 is 0 Å². The largest absolute Gasteiger partial charge is 0.390 e. The molecule has 0 radical (unpaired) electrons. The van der Waals surface area contributed by atoms with Gasteiger partial charge < -0.3 is 31.5 Å². The first-order chi connectivity index (χ1) is 21.5. The number of aliphatic hydroxyl groups is 2. The molecule has 0 aromatic heterocycles. The molecule has 9 nitrogen and oxygen atoms in total. The third-order valence-electron chi connectivity index (χ3n) is 12.1. The molecular weight excluding hydrogens is 562 g/mol. The van der Waals surface area contributed by atoms with Gasteiger partial charge in [-0.15, -0.1) is 0 Å². The van der Waals surface area contributed by atoms with Crippen molar-refractivity contribution in [2.24, 2.45) is 23.5 Å². The summed E-state index contributed by atoms with van der Waals surface area (Å²) in [5, 5.41) is 33.6. The number of rotatable bonds is 12. The van der Waals surface area contributed by atoms with Crippen molar-refractivity contribution in [3.63, 3.8) is 0 Å². The fourth-order valence-corrected chi connectivity index (χ4v) is 9.04. The maximum atomic E-state index is 11.2. The Morgan fingerprint density at radius 1 is 1.00 bits per heavy atom. The van der Waals surface area contributed by atoms with E-state index in [9.17, 15) is 10.2 Å². The van der Waals surface area contributed by atoms with Crippen LogP contribution in [-0.2, 0) is 5.41 Å². The average Bonchev–Trinajstić information content (AvgIpc) is 3.67. The maximum absolute atomic E-state index is 11.2. The highest BCUT2D eigenvalue weighted by atomic mass is 16.3. The number of nitrogens with zero attached hydrogens (tertiary/aromatic N) is 3. The molecule has 9 heteroatoms. The number of fused-ring (bicyclic) bond motifs is 2. The van der Waals surface area contributed by atoms with Crippen molar-refractivity contribution in [3.8, 4) is 0 Å². The van der Waals surface area contributed by atoms with Gasteiger partial charge in [0.1, 0.15) is 0 Å². The summed E-state index contributed by atoms with van der Waals surface area (Å²) in [6.45, 7) is 12.7. The minimum absolute atomic E-state index is 0.00615. The lowest BCUT2D eigenvalue weighted by atomic mass is 9.76. The molecule has 2 saturated carbocycles. The SMILES string of the molecule is CCCCCCN1CNC2C(CCN2[C@@H]2C[C@H](CN(C)[C@H]3C[C@H](CCC4Nc5ccc(C(C)(C)C)cc5N4)C3)[C@@H](O)[C@H]2O)C1N. The highest BCUT2D eigenvalue weighted by Crippen LogP contribution is 2.41. The first kappa shape index (κ1) is 33.4. The Labute approximate surface area is 272 Å². The number of benzene rings is 1. The molecule has 1 aromatic carbocycles. The Hall–Kier alpha value is -1.46. The fourth-order valence-electron chi connectivity index (χ4n) is 9.04. The zero-order chi connectivity index (χ0) is 31.9. The number of aliphatic hydroxyl groups excluding tert-OH is 2. The lowest BCUT2D eigenvalue weighted by Crippen LogP contribution is -2.65. The highest BCUT2D eigenvalue weighted by molar-refractivity contribution is 5.75. The zero-order valence-electron chi connectivity index (χ0n) is 28.7. The van der Waals surface area contributed by atoms with Crippen LogP contribution >= 0.6 is 0 Å². The van der Waals surface area contributed by atoms with Gasteiger partial charge in [-0.25, -0.2) is 0 Å². The number of nitrogens with two attached hydrogens (primary N) is 1. The Kier molecular flexibility index (Phi) is 10.4. The number of hydrogen-bond donors (Lipinski definition) is 6. The quantitative estimate of drug-likeness (QED) is 0.191. The van der Waals surface area contributed by atoms with Gasteiger partial charge in [0.2, 0.25) is 0 Å². The summed E-state index contributed by atoms with van der Waals surface area (Å²) in [5.74, 6) is 1.23. The molecule has 6 rings (SSSR count). The van der Waals surface area contributed by atoms with Crippen LogP contribution in [0.3, 0.4) is 0 Å². The van der Waals surface area contributed by atoms with Gasteiger partial charge in [-0.3, -0.25) is 15.1 Å². The second-order valence-electron chi connectivity index (χ2n) is 16.3. The highest BCUT2D eigenvalue weighted by Gasteiger charge is 2.51. The van der Waals surface area contributed by atoms with Crippen LogP contribution in [-0.4, -0.2) is 101 Å². The molecule has 2 aliphatic carbocycles. The van der Waals surface area contributed by atoms with E-state index in [0.29, 0.717) is 18.1 Å². The fraction of sp³-hybridized carbons (Fsp3) is 0.833. The third-order valence-corrected chi connectivity index (χ3v) is 12.1. The first-order valence-corrected chi connectivity index (χ1v) is 18.3. The molecule has 3 heterocycles.